The van der Waals surface area contributed by atoms with E-state index in [0.29, 0.717) is 24.2 Å². The minimum absolute atomic E-state index is 0.319. The number of methoxy groups -OCH3 is 1. The molecule has 4 nitrogen and oxygen atoms in total. The van der Waals surface area contributed by atoms with Gasteiger partial charge in [0.05, 0.1) is 7.11 Å². The molecule has 1 aromatic carbocycles. The summed E-state index contributed by atoms with van der Waals surface area (Å²) >= 11 is 0. The van der Waals surface area contributed by atoms with Gasteiger partial charge in [-0.3, -0.25) is 9.78 Å². The number of benzene rings is 1. The van der Waals surface area contributed by atoms with Crippen LogP contribution in [0.1, 0.15) is 60.5 Å². The number of aromatic nitrogens is 1. The van der Waals surface area contributed by atoms with Crippen LogP contribution in [0.5, 0.6) is 5.75 Å². The van der Waals surface area contributed by atoms with Crippen LogP contribution in [0.2, 0.25) is 0 Å². The average Bonchev–Trinajstić information content (AvgIpc) is 3.27. The summed E-state index contributed by atoms with van der Waals surface area (Å²) in [4.78, 5) is 19.5. The highest BCUT2D eigenvalue weighted by atomic mass is 16.5. The van der Waals surface area contributed by atoms with Crippen LogP contribution in [-0.2, 0) is 11.2 Å². The van der Waals surface area contributed by atoms with Gasteiger partial charge in [-0.25, -0.2) is 0 Å². The van der Waals surface area contributed by atoms with Crippen LogP contribution in [0.25, 0.3) is 0 Å². The van der Waals surface area contributed by atoms with E-state index in [-0.39, 0.29) is 0 Å². The molecule has 1 aromatic heterocycles. The van der Waals surface area contributed by atoms with Crippen molar-refractivity contribution in [2.75, 3.05) is 20.2 Å². The van der Waals surface area contributed by atoms with E-state index in [9.17, 15) is 4.79 Å². The van der Waals surface area contributed by atoms with Crippen LogP contribution < -0.4 is 4.74 Å². The number of hydrogen-bond acceptors (Lipinski definition) is 3. The summed E-state index contributed by atoms with van der Waals surface area (Å²) < 4.78 is 5.52. The predicted molar refractivity (Wildman–Crippen MR) is 120 cm³/mol. The number of pyridine rings is 1. The average molecular weight is 405 g/mol. The molecule has 30 heavy (non-hydrogen) atoms. The van der Waals surface area contributed by atoms with Crippen molar-refractivity contribution in [2.45, 2.75) is 51.4 Å². The number of likely N-dealkylation sites (tertiary alicyclic amines) is 1. The number of amides is 1. The number of nitrogens with zero attached hydrogens (tertiary/aromatic N) is 2. The molecule has 0 bridgehead atoms. The van der Waals surface area contributed by atoms with E-state index in [1.807, 2.05) is 12.1 Å². The van der Waals surface area contributed by atoms with E-state index < -0.39 is 0 Å². The van der Waals surface area contributed by atoms with E-state index in [1.165, 1.54) is 16.8 Å². The molecule has 4 heteroatoms. The maximum Gasteiger partial charge on any atom is 0.223 e. The molecule has 158 valence electrons. The lowest BCUT2D eigenvalue weighted by atomic mass is 9.90. The summed E-state index contributed by atoms with van der Waals surface area (Å²) in [6.07, 6.45) is 10.2. The lowest BCUT2D eigenvalue weighted by Crippen LogP contribution is -2.38. The number of carbonyl (C=O) groups excluding carboxylic acids is 1. The zero-order chi connectivity index (χ0) is 20.9. The molecule has 2 aromatic rings. The van der Waals surface area contributed by atoms with Crippen molar-refractivity contribution in [1.29, 1.82) is 0 Å². The van der Waals surface area contributed by atoms with Gasteiger partial charge < -0.3 is 9.64 Å². The van der Waals surface area contributed by atoms with Crippen molar-refractivity contribution >= 4 is 5.91 Å². The Morgan fingerprint density at radius 1 is 1.17 bits per heavy atom. The number of aryl methyl sites for hydroxylation is 1. The Morgan fingerprint density at radius 3 is 2.70 bits per heavy atom. The fourth-order valence-corrected chi connectivity index (χ4v) is 4.79. The lowest BCUT2D eigenvalue weighted by molar-refractivity contribution is -0.132. The van der Waals surface area contributed by atoms with Gasteiger partial charge in [-0.1, -0.05) is 30.4 Å². The van der Waals surface area contributed by atoms with Crippen molar-refractivity contribution in [2.24, 2.45) is 5.92 Å². The standard InChI is InChI=1S/C26H32N2O2/c1-19-15-21(16-23-9-5-6-10-25(23)30-2)17-24(27-19)22-11-13-28(14-12-22)26(29)18-20-7-3-4-8-20/h3,5-7,9-10,15,17,20,22H,4,8,11-14,16,18H2,1-2H3. The summed E-state index contributed by atoms with van der Waals surface area (Å²) in [5.74, 6) is 2.12. The highest BCUT2D eigenvalue weighted by molar-refractivity contribution is 5.76. The maximum absolute atomic E-state index is 12.6. The molecule has 1 aliphatic carbocycles. The third kappa shape index (κ3) is 4.92. The molecule has 1 atom stereocenters. The van der Waals surface area contributed by atoms with Gasteiger partial charge in [0.15, 0.2) is 0 Å². The van der Waals surface area contributed by atoms with Crippen LogP contribution in [0, 0.1) is 12.8 Å². The third-order valence-corrected chi connectivity index (χ3v) is 6.44. The second-order valence-electron chi connectivity index (χ2n) is 8.66. The molecule has 1 unspecified atom stereocenters. The fraction of sp³-hybridized carbons (Fsp3) is 0.462. The molecule has 0 radical (unpaired) electrons. The molecule has 2 aliphatic rings. The first-order valence-electron chi connectivity index (χ1n) is 11.2. The number of para-hydroxylation sites is 1. The van der Waals surface area contributed by atoms with Gasteiger partial charge in [-0.2, -0.15) is 0 Å². The molecular weight excluding hydrogens is 372 g/mol. The predicted octanol–water partition coefficient (Wildman–Crippen LogP) is 5.05. The van der Waals surface area contributed by atoms with E-state index in [0.717, 1.165) is 56.6 Å². The second-order valence-corrected chi connectivity index (χ2v) is 8.66. The topological polar surface area (TPSA) is 42.4 Å². The number of carbonyl (C=O) groups is 1. The minimum atomic E-state index is 0.319. The molecule has 4 rings (SSSR count). The van der Waals surface area contributed by atoms with Gasteiger partial charge in [-0.15, -0.1) is 0 Å². The van der Waals surface area contributed by atoms with Crippen molar-refractivity contribution in [3.8, 4) is 5.75 Å². The van der Waals surface area contributed by atoms with Gasteiger partial charge in [0.1, 0.15) is 5.75 Å². The summed E-state index contributed by atoms with van der Waals surface area (Å²) in [5.41, 5.74) is 4.70. The zero-order valence-electron chi connectivity index (χ0n) is 18.1. The molecule has 0 spiro atoms. The summed E-state index contributed by atoms with van der Waals surface area (Å²) in [6.45, 7) is 3.76. The normalized spacial score (nSPS) is 19.3. The van der Waals surface area contributed by atoms with Crippen molar-refractivity contribution in [1.82, 2.24) is 9.88 Å². The van der Waals surface area contributed by atoms with E-state index in [4.69, 9.17) is 9.72 Å². The SMILES string of the molecule is COc1ccccc1Cc1cc(C)nc(C2CCN(C(=O)CC3C=CCC3)CC2)c1. The third-order valence-electron chi connectivity index (χ3n) is 6.44. The number of piperidine rings is 1. The molecule has 0 N–H and O–H groups in total. The van der Waals surface area contributed by atoms with Gasteiger partial charge in [-0.05, 0) is 67.9 Å². The Balaban J connectivity index is 1.40. The fourth-order valence-electron chi connectivity index (χ4n) is 4.79. The monoisotopic (exact) mass is 404 g/mol. The maximum atomic E-state index is 12.6. The molecule has 0 saturated carbocycles. The van der Waals surface area contributed by atoms with Gasteiger partial charge in [0.25, 0.3) is 0 Å². The zero-order valence-corrected chi connectivity index (χ0v) is 18.1. The quantitative estimate of drug-likeness (QED) is 0.633. The first-order chi connectivity index (χ1) is 14.6. The van der Waals surface area contributed by atoms with Crippen LogP contribution in [0.15, 0.2) is 48.6 Å². The lowest BCUT2D eigenvalue weighted by Gasteiger charge is -2.32. The molecular formula is C26H32N2O2. The van der Waals surface area contributed by atoms with Crippen LogP contribution >= 0.6 is 0 Å². The van der Waals surface area contributed by atoms with Crippen molar-refractivity contribution in [3.05, 3.63) is 71.1 Å². The van der Waals surface area contributed by atoms with E-state index >= 15 is 0 Å². The summed E-state index contributed by atoms with van der Waals surface area (Å²) in [7, 11) is 1.72. The first kappa shape index (κ1) is 20.6. The number of ether oxygens (including phenoxy) is 1. The highest BCUT2D eigenvalue weighted by Crippen LogP contribution is 2.30. The van der Waals surface area contributed by atoms with Crippen LogP contribution in [0.4, 0.5) is 0 Å². The Labute approximate surface area is 180 Å². The Kier molecular flexibility index (Phi) is 6.51. The number of rotatable bonds is 6. The smallest absolute Gasteiger partial charge is 0.223 e. The molecule has 1 amide bonds. The molecule has 1 aliphatic heterocycles. The van der Waals surface area contributed by atoms with Gasteiger partial charge in [0.2, 0.25) is 5.91 Å². The highest BCUT2D eigenvalue weighted by Gasteiger charge is 2.26. The Morgan fingerprint density at radius 2 is 1.97 bits per heavy atom. The number of allylic oxidation sites excluding steroid dienone is 2. The number of hydrogen-bond donors (Lipinski definition) is 0. The molecule has 1 saturated heterocycles. The minimum Gasteiger partial charge on any atom is -0.496 e. The first-order valence-corrected chi connectivity index (χ1v) is 11.2. The second kappa shape index (κ2) is 9.46. The van der Waals surface area contributed by atoms with E-state index in [2.05, 4.69) is 48.2 Å². The van der Waals surface area contributed by atoms with Crippen LogP contribution in [0.3, 0.4) is 0 Å². The van der Waals surface area contributed by atoms with Crippen molar-refractivity contribution in [3.63, 3.8) is 0 Å². The Hall–Kier alpha value is -2.62. The van der Waals surface area contributed by atoms with Gasteiger partial charge in [0, 0.05) is 43.2 Å². The summed E-state index contributed by atoms with van der Waals surface area (Å²) in [6, 6.07) is 12.6. The van der Waals surface area contributed by atoms with Crippen LogP contribution in [-0.4, -0.2) is 36.0 Å². The van der Waals surface area contributed by atoms with E-state index in [1.54, 1.807) is 7.11 Å². The Bertz CT molecular complexity index is 913. The van der Waals surface area contributed by atoms with Gasteiger partial charge >= 0.3 is 0 Å². The largest absolute Gasteiger partial charge is 0.496 e. The summed E-state index contributed by atoms with van der Waals surface area (Å²) in [5, 5.41) is 0. The molecule has 2 heterocycles. The molecule has 1 fully saturated rings. The van der Waals surface area contributed by atoms with Crippen molar-refractivity contribution < 1.29 is 9.53 Å².